The summed E-state index contributed by atoms with van der Waals surface area (Å²) in [6.45, 7) is 1.89. The summed E-state index contributed by atoms with van der Waals surface area (Å²) in [6.07, 6.45) is 0.657. The fourth-order valence-electron chi connectivity index (χ4n) is 1.18. The Morgan fingerprint density at radius 3 is 2.53 bits per heavy atom. The maximum absolute atomic E-state index is 11.1. The highest BCUT2D eigenvalue weighted by Crippen LogP contribution is 2.28. The number of nitrogens with zero attached hydrogens (tertiary/aromatic N) is 1. The lowest BCUT2D eigenvalue weighted by molar-refractivity contribution is 0.609. The van der Waals surface area contributed by atoms with E-state index in [0.29, 0.717) is 16.5 Å². The first-order valence-electron chi connectivity index (χ1n) is 4.07. The van der Waals surface area contributed by atoms with Gasteiger partial charge in [-0.15, -0.1) is 0 Å². The zero-order valence-corrected chi connectivity index (χ0v) is 10.9. The highest BCUT2D eigenvalue weighted by Gasteiger charge is 2.17. The Kier molecular flexibility index (Phi) is 3.77. The van der Waals surface area contributed by atoms with Crippen LogP contribution in [0.2, 0.25) is 0 Å². The van der Waals surface area contributed by atoms with Crippen LogP contribution < -0.4 is 0 Å². The molecule has 15 heavy (non-hydrogen) atoms. The molecule has 80 valence electrons. The van der Waals surface area contributed by atoms with E-state index in [1.165, 1.54) is 6.07 Å². The topological polar surface area (TPSA) is 57.9 Å². The Balaban J connectivity index is 3.55. The van der Waals surface area contributed by atoms with E-state index in [9.17, 15) is 8.42 Å². The normalized spacial score (nSPS) is 11.1. The average Bonchev–Trinajstić information content (AvgIpc) is 2.15. The Bertz CT molecular complexity index is 534. The first kappa shape index (κ1) is 12.5. The van der Waals surface area contributed by atoms with Crippen LogP contribution in [-0.2, 0) is 15.5 Å². The molecule has 1 aromatic rings. The van der Waals surface area contributed by atoms with Crippen molar-refractivity contribution in [2.24, 2.45) is 0 Å². The second kappa shape index (κ2) is 4.52. The van der Waals surface area contributed by atoms with E-state index >= 15 is 0 Å². The Morgan fingerprint density at radius 1 is 1.53 bits per heavy atom. The van der Waals surface area contributed by atoms with Gasteiger partial charge in [-0.05, 0) is 40.0 Å². The first-order chi connectivity index (χ1) is 6.90. The third-order valence-corrected chi connectivity index (χ3v) is 4.20. The highest BCUT2D eigenvalue weighted by atomic mass is 79.9. The molecular weight excluding hydrogens is 302 g/mol. The van der Waals surface area contributed by atoms with Gasteiger partial charge in [0.25, 0.3) is 9.05 Å². The molecule has 0 spiro atoms. The lowest BCUT2D eigenvalue weighted by Gasteiger charge is -2.05. The summed E-state index contributed by atoms with van der Waals surface area (Å²) in [6, 6.07) is 4.83. The van der Waals surface area contributed by atoms with Gasteiger partial charge in [0.1, 0.15) is 0 Å². The lowest BCUT2D eigenvalue weighted by atomic mass is 10.1. The smallest absolute Gasteiger partial charge is 0.207 e. The van der Waals surface area contributed by atoms with Crippen LogP contribution in [0.25, 0.3) is 0 Å². The van der Waals surface area contributed by atoms with Crippen molar-refractivity contribution in [3.05, 3.63) is 27.7 Å². The molecule has 0 aliphatic rings. The third-order valence-electron chi connectivity index (χ3n) is 1.92. The standard InChI is InChI=1S/C9H7BrClNO2S/c1-2-6-3-8(10)9(15(11,13)14)4-7(6)5-12/h3-4H,2H2,1H3. The summed E-state index contributed by atoms with van der Waals surface area (Å²) in [5, 5.41) is 8.83. The molecule has 6 heteroatoms. The van der Waals surface area contributed by atoms with Gasteiger partial charge in [0.05, 0.1) is 16.5 Å². The predicted molar refractivity (Wildman–Crippen MR) is 61.3 cm³/mol. The molecule has 0 saturated carbocycles. The minimum absolute atomic E-state index is 0.0714. The van der Waals surface area contributed by atoms with Crippen molar-refractivity contribution in [1.82, 2.24) is 0 Å². The molecule has 0 bridgehead atoms. The van der Waals surface area contributed by atoms with Crippen LogP contribution in [0, 0.1) is 11.3 Å². The number of rotatable bonds is 2. The molecular formula is C9H7BrClNO2S. The van der Waals surface area contributed by atoms with Gasteiger partial charge in [-0.3, -0.25) is 0 Å². The van der Waals surface area contributed by atoms with Crippen LogP contribution >= 0.6 is 26.6 Å². The van der Waals surface area contributed by atoms with E-state index in [1.807, 2.05) is 13.0 Å². The summed E-state index contributed by atoms with van der Waals surface area (Å²) < 4.78 is 22.7. The minimum Gasteiger partial charge on any atom is -0.207 e. The van der Waals surface area contributed by atoms with Crippen molar-refractivity contribution < 1.29 is 8.42 Å². The molecule has 3 nitrogen and oxygen atoms in total. The Labute approximate surface area is 101 Å². The van der Waals surface area contributed by atoms with Crippen molar-refractivity contribution in [1.29, 1.82) is 5.26 Å². The lowest BCUT2D eigenvalue weighted by Crippen LogP contribution is -1.97. The number of hydrogen-bond acceptors (Lipinski definition) is 3. The number of halogens is 2. The molecule has 0 heterocycles. The molecule has 1 rings (SSSR count). The van der Waals surface area contributed by atoms with Crippen molar-refractivity contribution >= 4 is 35.7 Å². The second-order valence-corrected chi connectivity index (χ2v) is 6.23. The van der Waals surface area contributed by atoms with Gasteiger partial charge in [0.15, 0.2) is 0 Å². The fourth-order valence-corrected chi connectivity index (χ4v) is 3.42. The van der Waals surface area contributed by atoms with Gasteiger partial charge >= 0.3 is 0 Å². The Hall–Kier alpha value is -0.570. The molecule has 0 atom stereocenters. The van der Waals surface area contributed by atoms with Gasteiger partial charge in [-0.1, -0.05) is 6.92 Å². The van der Waals surface area contributed by atoms with Gasteiger partial charge in [-0.2, -0.15) is 5.26 Å². The third kappa shape index (κ3) is 2.71. The van der Waals surface area contributed by atoms with Crippen LogP contribution in [-0.4, -0.2) is 8.42 Å². The van der Waals surface area contributed by atoms with Crippen molar-refractivity contribution in [3.8, 4) is 6.07 Å². The van der Waals surface area contributed by atoms with Gasteiger partial charge < -0.3 is 0 Å². The maximum atomic E-state index is 11.1. The van der Waals surface area contributed by atoms with Crippen LogP contribution in [0.3, 0.4) is 0 Å². The predicted octanol–water partition coefficient (Wildman–Crippen LogP) is 2.81. The van der Waals surface area contributed by atoms with Crippen LogP contribution in [0.15, 0.2) is 21.5 Å². The largest absolute Gasteiger partial charge is 0.262 e. The van der Waals surface area contributed by atoms with Gasteiger partial charge in [0.2, 0.25) is 0 Å². The maximum Gasteiger partial charge on any atom is 0.262 e. The number of benzene rings is 1. The highest BCUT2D eigenvalue weighted by molar-refractivity contribution is 9.10. The number of nitriles is 1. The first-order valence-corrected chi connectivity index (χ1v) is 7.17. The molecule has 1 aromatic carbocycles. The summed E-state index contributed by atoms with van der Waals surface area (Å²) in [5.41, 5.74) is 1.12. The Morgan fingerprint density at radius 2 is 2.13 bits per heavy atom. The summed E-state index contributed by atoms with van der Waals surface area (Å²) in [7, 11) is 1.40. The van der Waals surface area contributed by atoms with E-state index in [-0.39, 0.29) is 4.90 Å². The van der Waals surface area contributed by atoms with Crippen molar-refractivity contribution in [3.63, 3.8) is 0 Å². The quantitative estimate of drug-likeness (QED) is 0.789. The molecule has 0 aromatic heterocycles. The molecule has 0 aliphatic heterocycles. The van der Waals surface area contributed by atoms with E-state index in [4.69, 9.17) is 15.9 Å². The molecule has 0 radical (unpaired) electrons. The van der Waals surface area contributed by atoms with Gasteiger partial charge in [0, 0.05) is 15.2 Å². The second-order valence-electron chi connectivity index (χ2n) is 2.84. The van der Waals surface area contributed by atoms with E-state index in [2.05, 4.69) is 15.9 Å². The number of aryl methyl sites for hydroxylation is 1. The molecule has 0 fully saturated rings. The minimum atomic E-state index is -3.82. The van der Waals surface area contributed by atoms with E-state index < -0.39 is 9.05 Å². The van der Waals surface area contributed by atoms with Gasteiger partial charge in [-0.25, -0.2) is 8.42 Å². The van der Waals surface area contributed by atoms with Crippen molar-refractivity contribution in [2.45, 2.75) is 18.2 Å². The SMILES string of the molecule is CCc1cc(Br)c(S(=O)(=O)Cl)cc1C#N. The van der Waals surface area contributed by atoms with Crippen molar-refractivity contribution in [2.75, 3.05) is 0 Å². The molecule has 0 aliphatic carbocycles. The molecule has 0 saturated heterocycles. The van der Waals surface area contributed by atoms with Crippen LogP contribution in [0.1, 0.15) is 18.1 Å². The van der Waals surface area contributed by atoms with Crippen LogP contribution in [0.4, 0.5) is 0 Å². The number of hydrogen-bond donors (Lipinski definition) is 0. The zero-order valence-electron chi connectivity index (χ0n) is 7.79. The van der Waals surface area contributed by atoms with Crippen LogP contribution in [0.5, 0.6) is 0 Å². The van der Waals surface area contributed by atoms with E-state index in [1.54, 1.807) is 6.07 Å². The summed E-state index contributed by atoms with van der Waals surface area (Å²) in [5.74, 6) is 0. The monoisotopic (exact) mass is 307 g/mol. The zero-order chi connectivity index (χ0) is 11.6. The fraction of sp³-hybridized carbons (Fsp3) is 0.222. The molecule has 0 amide bonds. The average molecular weight is 309 g/mol. The van der Waals surface area contributed by atoms with E-state index in [0.717, 1.165) is 5.56 Å². The summed E-state index contributed by atoms with van der Waals surface area (Å²) >= 11 is 3.11. The molecule has 0 unspecified atom stereocenters. The molecule has 0 N–H and O–H groups in total. The summed E-state index contributed by atoms with van der Waals surface area (Å²) in [4.78, 5) is -0.0714.